The molecular formula is C19H17N5OS2. The maximum atomic E-state index is 12.5. The third kappa shape index (κ3) is 5.54. The summed E-state index contributed by atoms with van der Waals surface area (Å²) in [7, 11) is 0. The van der Waals surface area contributed by atoms with Crippen LogP contribution in [0.25, 0.3) is 0 Å². The Balaban J connectivity index is 1.54. The number of hydrogen-bond donors (Lipinski definition) is 1. The zero-order valence-electron chi connectivity index (χ0n) is 14.4. The summed E-state index contributed by atoms with van der Waals surface area (Å²) in [6, 6.07) is 21.3. The number of nitriles is 1. The van der Waals surface area contributed by atoms with Crippen molar-refractivity contribution in [2.75, 3.05) is 22.5 Å². The maximum absolute atomic E-state index is 12.5. The van der Waals surface area contributed by atoms with E-state index in [0.29, 0.717) is 21.7 Å². The van der Waals surface area contributed by atoms with Gasteiger partial charge in [0, 0.05) is 12.2 Å². The first kappa shape index (κ1) is 18.9. The van der Waals surface area contributed by atoms with E-state index in [0.717, 1.165) is 5.56 Å². The molecule has 0 unspecified atom stereocenters. The molecule has 0 saturated carbocycles. The molecule has 1 N–H and O–H groups in total. The zero-order valence-corrected chi connectivity index (χ0v) is 16.0. The van der Waals surface area contributed by atoms with Gasteiger partial charge in [0.1, 0.15) is 6.54 Å². The fourth-order valence-electron chi connectivity index (χ4n) is 2.32. The van der Waals surface area contributed by atoms with Gasteiger partial charge in [0.05, 0.1) is 11.8 Å². The van der Waals surface area contributed by atoms with Crippen molar-refractivity contribution >= 4 is 39.8 Å². The highest BCUT2D eigenvalue weighted by Gasteiger charge is 2.16. The van der Waals surface area contributed by atoms with Crippen molar-refractivity contribution in [1.82, 2.24) is 10.2 Å². The zero-order chi connectivity index (χ0) is 18.9. The number of aromatic nitrogens is 2. The first-order chi connectivity index (χ1) is 13.3. The number of hydrogen-bond acceptors (Lipinski definition) is 7. The molecule has 27 heavy (non-hydrogen) atoms. The van der Waals surface area contributed by atoms with Crippen LogP contribution in [0, 0.1) is 11.3 Å². The fraction of sp³-hybridized carbons (Fsp3) is 0.158. The molecule has 8 heteroatoms. The summed E-state index contributed by atoms with van der Waals surface area (Å²) in [5, 5.41) is 21.2. The smallest absolute Gasteiger partial charge is 0.238 e. The molecule has 136 valence electrons. The molecule has 3 rings (SSSR count). The molecule has 0 fully saturated rings. The Labute approximate surface area is 165 Å². The van der Waals surface area contributed by atoms with Gasteiger partial charge in [-0.05, 0) is 17.7 Å². The predicted octanol–water partition coefficient (Wildman–Crippen LogP) is 3.80. The van der Waals surface area contributed by atoms with Crippen molar-refractivity contribution in [2.24, 2.45) is 0 Å². The first-order valence-corrected chi connectivity index (χ1v) is 10.0. The molecule has 0 radical (unpaired) electrons. The number of benzene rings is 2. The van der Waals surface area contributed by atoms with Crippen molar-refractivity contribution < 1.29 is 4.79 Å². The Hall–Kier alpha value is -2.89. The topological polar surface area (TPSA) is 81.9 Å². The second-order valence-electron chi connectivity index (χ2n) is 5.47. The predicted molar refractivity (Wildman–Crippen MR) is 109 cm³/mol. The minimum Gasteiger partial charge on any atom is -0.356 e. The van der Waals surface area contributed by atoms with Gasteiger partial charge in [-0.2, -0.15) is 5.26 Å². The van der Waals surface area contributed by atoms with E-state index in [4.69, 9.17) is 5.26 Å². The summed E-state index contributed by atoms with van der Waals surface area (Å²) in [4.78, 5) is 14.0. The normalized spacial score (nSPS) is 10.2. The highest BCUT2D eigenvalue weighted by atomic mass is 32.2. The molecule has 0 aliphatic rings. The lowest BCUT2D eigenvalue weighted by molar-refractivity contribution is -0.116. The van der Waals surface area contributed by atoms with E-state index in [-0.39, 0.29) is 18.2 Å². The molecule has 2 aromatic carbocycles. The molecule has 6 nitrogen and oxygen atoms in total. The van der Waals surface area contributed by atoms with E-state index in [1.807, 2.05) is 66.7 Å². The molecule has 1 amide bonds. The Bertz CT molecular complexity index is 909. The van der Waals surface area contributed by atoms with Crippen molar-refractivity contribution in [3.05, 3.63) is 66.2 Å². The number of carbonyl (C=O) groups is 1. The van der Waals surface area contributed by atoms with E-state index in [2.05, 4.69) is 15.5 Å². The lowest BCUT2D eigenvalue weighted by Gasteiger charge is -2.19. The van der Waals surface area contributed by atoms with E-state index in [1.165, 1.54) is 28.0 Å². The Morgan fingerprint density at radius 3 is 2.52 bits per heavy atom. The van der Waals surface area contributed by atoms with Crippen LogP contribution in [0.15, 0.2) is 65.0 Å². The number of rotatable bonds is 8. The molecule has 0 bridgehead atoms. The summed E-state index contributed by atoms with van der Waals surface area (Å²) >= 11 is 2.73. The molecule has 1 heterocycles. The van der Waals surface area contributed by atoms with Gasteiger partial charge in [-0.15, -0.1) is 10.2 Å². The van der Waals surface area contributed by atoms with Crippen LogP contribution in [-0.4, -0.2) is 28.4 Å². The number of carbonyl (C=O) groups excluding carboxylic acids is 1. The SMILES string of the molecule is N#CCN(C(=O)CSc1nnc(NCc2ccccc2)s1)c1ccccc1. The standard InChI is InChI=1S/C19H17N5OS2/c20-11-12-24(16-9-5-2-6-10-16)17(25)14-26-19-23-22-18(27-19)21-13-15-7-3-1-4-8-15/h1-10H,12-14H2,(H,21,22). The average molecular weight is 396 g/mol. The molecular weight excluding hydrogens is 378 g/mol. The lowest BCUT2D eigenvalue weighted by Crippen LogP contribution is -2.32. The molecule has 0 atom stereocenters. The van der Waals surface area contributed by atoms with Gasteiger partial charge in [-0.25, -0.2) is 0 Å². The largest absolute Gasteiger partial charge is 0.356 e. The molecule has 0 aliphatic carbocycles. The minimum absolute atomic E-state index is 0.0173. The monoisotopic (exact) mass is 395 g/mol. The highest BCUT2D eigenvalue weighted by molar-refractivity contribution is 8.01. The third-order valence-corrected chi connectivity index (χ3v) is 5.61. The fourth-order valence-corrected chi connectivity index (χ4v) is 3.94. The molecule has 0 saturated heterocycles. The first-order valence-electron chi connectivity index (χ1n) is 8.23. The third-order valence-electron chi connectivity index (χ3n) is 3.61. The van der Waals surface area contributed by atoms with Crippen LogP contribution >= 0.6 is 23.1 Å². The number of amides is 1. The Morgan fingerprint density at radius 1 is 1.11 bits per heavy atom. The number of para-hydroxylation sites is 1. The summed E-state index contributed by atoms with van der Waals surface area (Å²) in [5.41, 5.74) is 1.87. The van der Waals surface area contributed by atoms with E-state index in [1.54, 1.807) is 0 Å². The maximum Gasteiger partial charge on any atom is 0.238 e. The van der Waals surface area contributed by atoms with E-state index >= 15 is 0 Å². The van der Waals surface area contributed by atoms with Gasteiger partial charge in [0.2, 0.25) is 11.0 Å². The number of nitrogens with zero attached hydrogens (tertiary/aromatic N) is 4. The van der Waals surface area contributed by atoms with Crippen molar-refractivity contribution in [3.8, 4) is 6.07 Å². The molecule has 3 aromatic rings. The second-order valence-corrected chi connectivity index (χ2v) is 7.67. The quantitative estimate of drug-likeness (QED) is 0.461. The van der Waals surface area contributed by atoms with E-state index < -0.39 is 0 Å². The van der Waals surface area contributed by atoms with Gasteiger partial charge in [-0.3, -0.25) is 9.69 Å². The van der Waals surface area contributed by atoms with Crippen LogP contribution in [0.1, 0.15) is 5.56 Å². The summed E-state index contributed by atoms with van der Waals surface area (Å²) in [6.07, 6.45) is 0. The Morgan fingerprint density at radius 2 is 1.81 bits per heavy atom. The lowest BCUT2D eigenvalue weighted by atomic mass is 10.2. The van der Waals surface area contributed by atoms with Crippen molar-refractivity contribution in [1.29, 1.82) is 5.26 Å². The van der Waals surface area contributed by atoms with Gasteiger partial charge in [0.25, 0.3) is 0 Å². The molecule has 1 aromatic heterocycles. The van der Waals surface area contributed by atoms with Crippen LogP contribution in [0.3, 0.4) is 0 Å². The average Bonchev–Trinajstić information content (AvgIpc) is 3.18. The van der Waals surface area contributed by atoms with Crippen LogP contribution in [0.5, 0.6) is 0 Å². The summed E-state index contributed by atoms with van der Waals surface area (Å²) in [5.74, 6) is 0.0610. The second kappa shape index (κ2) is 9.71. The number of nitrogens with one attached hydrogen (secondary N) is 1. The van der Waals surface area contributed by atoms with Crippen LogP contribution in [0.2, 0.25) is 0 Å². The van der Waals surface area contributed by atoms with E-state index in [9.17, 15) is 4.79 Å². The minimum atomic E-state index is -0.137. The Kier molecular flexibility index (Phi) is 6.79. The van der Waals surface area contributed by atoms with Crippen LogP contribution < -0.4 is 10.2 Å². The highest BCUT2D eigenvalue weighted by Crippen LogP contribution is 2.26. The van der Waals surface area contributed by atoms with Crippen LogP contribution in [0.4, 0.5) is 10.8 Å². The van der Waals surface area contributed by atoms with Crippen molar-refractivity contribution in [3.63, 3.8) is 0 Å². The van der Waals surface area contributed by atoms with Gasteiger partial charge < -0.3 is 5.32 Å². The number of thioether (sulfide) groups is 1. The van der Waals surface area contributed by atoms with Gasteiger partial charge in [-0.1, -0.05) is 71.6 Å². The van der Waals surface area contributed by atoms with Crippen LogP contribution in [-0.2, 0) is 11.3 Å². The number of anilines is 2. The summed E-state index contributed by atoms with van der Waals surface area (Å²) < 4.78 is 0.712. The summed E-state index contributed by atoms with van der Waals surface area (Å²) in [6.45, 7) is 0.687. The van der Waals surface area contributed by atoms with Gasteiger partial charge >= 0.3 is 0 Å². The van der Waals surface area contributed by atoms with Gasteiger partial charge in [0.15, 0.2) is 4.34 Å². The van der Waals surface area contributed by atoms with Crippen molar-refractivity contribution in [2.45, 2.75) is 10.9 Å². The molecule has 0 aliphatic heterocycles. The molecule has 0 spiro atoms.